The van der Waals surface area contributed by atoms with Crippen LogP contribution in [0.2, 0.25) is 0 Å². The van der Waals surface area contributed by atoms with Crippen molar-refractivity contribution in [1.29, 1.82) is 0 Å². The summed E-state index contributed by atoms with van der Waals surface area (Å²) >= 11 is 2.09. The first kappa shape index (κ1) is 12.7. The van der Waals surface area contributed by atoms with E-state index in [1.54, 1.807) is 0 Å². The summed E-state index contributed by atoms with van der Waals surface area (Å²) in [5, 5.41) is 3.74. The van der Waals surface area contributed by atoms with E-state index in [0.29, 0.717) is 6.04 Å². The second-order valence-corrected chi connectivity index (χ2v) is 6.55. The third kappa shape index (κ3) is 3.38. The lowest BCUT2D eigenvalue weighted by molar-refractivity contribution is 0.112. The first-order chi connectivity index (χ1) is 7.77. The van der Waals surface area contributed by atoms with Gasteiger partial charge in [0.25, 0.3) is 0 Å². The minimum Gasteiger partial charge on any atom is -0.312 e. The SMILES string of the molecule is CC1CCCCN1C(C)CNC1CCSC1. The molecule has 0 aromatic rings. The Balaban J connectivity index is 1.71. The van der Waals surface area contributed by atoms with E-state index < -0.39 is 0 Å². The highest BCUT2D eigenvalue weighted by atomic mass is 32.2. The van der Waals surface area contributed by atoms with Crippen molar-refractivity contribution >= 4 is 11.8 Å². The average Bonchev–Trinajstić information content (AvgIpc) is 2.79. The van der Waals surface area contributed by atoms with Crippen molar-refractivity contribution in [1.82, 2.24) is 10.2 Å². The van der Waals surface area contributed by atoms with E-state index in [4.69, 9.17) is 0 Å². The molecule has 0 amide bonds. The Morgan fingerprint density at radius 2 is 2.25 bits per heavy atom. The summed E-state index contributed by atoms with van der Waals surface area (Å²) in [5.74, 6) is 2.68. The number of hydrogen-bond donors (Lipinski definition) is 1. The molecule has 2 heterocycles. The maximum absolute atomic E-state index is 3.74. The van der Waals surface area contributed by atoms with Crippen molar-refractivity contribution < 1.29 is 0 Å². The summed E-state index contributed by atoms with van der Waals surface area (Å²) in [7, 11) is 0. The number of likely N-dealkylation sites (tertiary alicyclic amines) is 1. The Hall–Kier alpha value is 0.270. The normalized spacial score (nSPS) is 34.1. The lowest BCUT2D eigenvalue weighted by Gasteiger charge is -2.38. The first-order valence-corrected chi connectivity index (χ1v) is 7.99. The third-order valence-electron chi connectivity index (χ3n) is 4.05. The standard InChI is InChI=1S/C13H26N2S/c1-11-5-3-4-7-15(11)12(2)9-14-13-6-8-16-10-13/h11-14H,3-10H2,1-2H3. The van der Waals surface area contributed by atoms with Crippen LogP contribution in [0.5, 0.6) is 0 Å². The van der Waals surface area contributed by atoms with Gasteiger partial charge in [-0.1, -0.05) is 6.42 Å². The summed E-state index contributed by atoms with van der Waals surface area (Å²) in [6.45, 7) is 7.26. The van der Waals surface area contributed by atoms with Gasteiger partial charge in [-0.15, -0.1) is 0 Å². The molecule has 2 fully saturated rings. The third-order valence-corrected chi connectivity index (χ3v) is 5.21. The molecule has 3 heteroatoms. The van der Waals surface area contributed by atoms with Crippen LogP contribution < -0.4 is 5.32 Å². The second kappa shape index (κ2) is 6.27. The molecule has 2 saturated heterocycles. The van der Waals surface area contributed by atoms with Gasteiger partial charge < -0.3 is 5.32 Å². The zero-order chi connectivity index (χ0) is 11.4. The van der Waals surface area contributed by atoms with Crippen LogP contribution in [-0.2, 0) is 0 Å². The zero-order valence-corrected chi connectivity index (χ0v) is 11.6. The molecule has 2 rings (SSSR count). The molecule has 1 N–H and O–H groups in total. The number of rotatable bonds is 4. The van der Waals surface area contributed by atoms with E-state index in [-0.39, 0.29) is 0 Å². The second-order valence-electron chi connectivity index (χ2n) is 5.40. The molecular formula is C13H26N2S. The number of thioether (sulfide) groups is 1. The lowest BCUT2D eigenvalue weighted by Crippen LogP contribution is -2.49. The fraction of sp³-hybridized carbons (Fsp3) is 1.00. The van der Waals surface area contributed by atoms with Gasteiger partial charge in [0, 0.05) is 30.4 Å². The molecule has 0 radical (unpaired) electrons. The summed E-state index contributed by atoms with van der Waals surface area (Å²) in [6, 6.07) is 2.29. The minimum absolute atomic E-state index is 0.709. The van der Waals surface area contributed by atoms with Crippen LogP contribution in [0.1, 0.15) is 39.5 Å². The van der Waals surface area contributed by atoms with Crippen molar-refractivity contribution in [2.75, 3.05) is 24.6 Å². The molecule has 0 aromatic heterocycles. The smallest absolute Gasteiger partial charge is 0.0195 e. The summed E-state index contributed by atoms with van der Waals surface area (Å²) in [5.41, 5.74) is 0. The van der Waals surface area contributed by atoms with E-state index in [0.717, 1.165) is 12.1 Å². The molecule has 16 heavy (non-hydrogen) atoms. The van der Waals surface area contributed by atoms with Crippen LogP contribution in [0, 0.1) is 0 Å². The van der Waals surface area contributed by atoms with Crippen molar-refractivity contribution in [3.05, 3.63) is 0 Å². The van der Waals surface area contributed by atoms with Crippen LogP contribution >= 0.6 is 11.8 Å². The molecule has 0 saturated carbocycles. The maximum atomic E-state index is 3.74. The van der Waals surface area contributed by atoms with Gasteiger partial charge in [0.15, 0.2) is 0 Å². The van der Waals surface area contributed by atoms with E-state index in [1.807, 2.05) is 0 Å². The minimum atomic E-state index is 0.709. The summed E-state index contributed by atoms with van der Waals surface area (Å²) < 4.78 is 0. The van der Waals surface area contributed by atoms with E-state index >= 15 is 0 Å². The van der Waals surface area contributed by atoms with Gasteiger partial charge in [-0.2, -0.15) is 11.8 Å². The lowest BCUT2D eigenvalue weighted by atomic mass is 10.0. The molecule has 0 spiro atoms. The summed E-state index contributed by atoms with van der Waals surface area (Å²) in [6.07, 6.45) is 5.58. The molecule has 2 aliphatic rings. The Kier molecular flexibility index (Phi) is 4.98. The number of hydrogen-bond acceptors (Lipinski definition) is 3. The average molecular weight is 242 g/mol. The van der Waals surface area contributed by atoms with Crippen LogP contribution in [-0.4, -0.2) is 47.6 Å². The van der Waals surface area contributed by atoms with Crippen molar-refractivity contribution in [3.63, 3.8) is 0 Å². The Morgan fingerprint density at radius 3 is 2.94 bits per heavy atom. The van der Waals surface area contributed by atoms with Gasteiger partial charge >= 0.3 is 0 Å². The van der Waals surface area contributed by atoms with Crippen molar-refractivity contribution in [2.45, 2.75) is 57.7 Å². The highest BCUT2D eigenvalue weighted by Gasteiger charge is 2.24. The molecule has 0 bridgehead atoms. The van der Waals surface area contributed by atoms with Crippen LogP contribution in [0.15, 0.2) is 0 Å². The Labute approximate surface area is 105 Å². The van der Waals surface area contributed by atoms with Gasteiger partial charge in [-0.3, -0.25) is 4.90 Å². The number of piperidine rings is 1. The first-order valence-electron chi connectivity index (χ1n) is 6.84. The van der Waals surface area contributed by atoms with Gasteiger partial charge in [-0.05, 0) is 45.4 Å². The molecule has 2 aliphatic heterocycles. The van der Waals surface area contributed by atoms with Crippen molar-refractivity contribution in [3.8, 4) is 0 Å². The Morgan fingerprint density at radius 1 is 1.38 bits per heavy atom. The number of nitrogens with zero attached hydrogens (tertiary/aromatic N) is 1. The monoisotopic (exact) mass is 242 g/mol. The molecular weight excluding hydrogens is 216 g/mol. The predicted molar refractivity (Wildman–Crippen MR) is 73.2 cm³/mol. The molecule has 2 nitrogen and oxygen atoms in total. The van der Waals surface area contributed by atoms with E-state index in [9.17, 15) is 0 Å². The van der Waals surface area contributed by atoms with Gasteiger partial charge in [-0.25, -0.2) is 0 Å². The highest BCUT2D eigenvalue weighted by molar-refractivity contribution is 7.99. The highest BCUT2D eigenvalue weighted by Crippen LogP contribution is 2.20. The molecule has 3 atom stereocenters. The fourth-order valence-corrected chi connectivity index (χ4v) is 4.11. The van der Waals surface area contributed by atoms with Gasteiger partial charge in [0.2, 0.25) is 0 Å². The van der Waals surface area contributed by atoms with Gasteiger partial charge in [0.1, 0.15) is 0 Å². The van der Waals surface area contributed by atoms with Crippen LogP contribution in [0.25, 0.3) is 0 Å². The van der Waals surface area contributed by atoms with Crippen molar-refractivity contribution in [2.24, 2.45) is 0 Å². The summed E-state index contributed by atoms with van der Waals surface area (Å²) in [4.78, 5) is 2.69. The fourth-order valence-electron chi connectivity index (χ4n) is 2.93. The van der Waals surface area contributed by atoms with Gasteiger partial charge in [0.05, 0.1) is 0 Å². The number of nitrogens with one attached hydrogen (secondary N) is 1. The largest absolute Gasteiger partial charge is 0.312 e. The molecule has 0 aromatic carbocycles. The quantitative estimate of drug-likeness (QED) is 0.814. The zero-order valence-electron chi connectivity index (χ0n) is 10.7. The van der Waals surface area contributed by atoms with E-state index in [2.05, 4.69) is 35.8 Å². The molecule has 0 aliphatic carbocycles. The topological polar surface area (TPSA) is 15.3 Å². The predicted octanol–water partition coefficient (Wildman–Crippen LogP) is 2.34. The van der Waals surface area contributed by atoms with Crippen LogP contribution in [0.4, 0.5) is 0 Å². The maximum Gasteiger partial charge on any atom is 0.0195 e. The van der Waals surface area contributed by atoms with E-state index in [1.165, 1.54) is 50.3 Å². The Bertz CT molecular complexity index is 204. The molecule has 94 valence electrons. The van der Waals surface area contributed by atoms with Crippen LogP contribution in [0.3, 0.4) is 0 Å². The molecule has 3 unspecified atom stereocenters.